The lowest BCUT2D eigenvalue weighted by Crippen LogP contribution is -2.47. The fourth-order valence-electron chi connectivity index (χ4n) is 1.58. The highest BCUT2D eigenvalue weighted by Gasteiger charge is 2.26. The Morgan fingerprint density at radius 2 is 2.36 bits per heavy atom. The highest BCUT2D eigenvalue weighted by molar-refractivity contribution is 8.00. The van der Waals surface area contributed by atoms with Crippen molar-refractivity contribution in [3.8, 4) is 0 Å². The summed E-state index contributed by atoms with van der Waals surface area (Å²) in [5.74, 6) is 1.27. The van der Waals surface area contributed by atoms with Crippen LogP contribution in [0.3, 0.4) is 0 Å². The second-order valence-corrected chi connectivity index (χ2v) is 5.15. The van der Waals surface area contributed by atoms with Gasteiger partial charge in [0.1, 0.15) is 0 Å². The molecular formula is C10H20N2OS. The molecule has 1 saturated heterocycles. The summed E-state index contributed by atoms with van der Waals surface area (Å²) in [6.07, 6.45) is 0. The largest absolute Gasteiger partial charge is 0.355 e. The second-order valence-electron chi connectivity index (χ2n) is 3.84. The van der Waals surface area contributed by atoms with Crippen LogP contribution in [0.5, 0.6) is 0 Å². The van der Waals surface area contributed by atoms with E-state index in [0.717, 1.165) is 25.4 Å². The highest BCUT2D eigenvalue weighted by atomic mass is 32.2. The molecule has 14 heavy (non-hydrogen) atoms. The summed E-state index contributed by atoms with van der Waals surface area (Å²) in [6, 6.07) is 0.549. The Bertz CT molecular complexity index is 197. The summed E-state index contributed by atoms with van der Waals surface area (Å²) in [7, 11) is 0. The van der Waals surface area contributed by atoms with Crippen molar-refractivity contribution in [2.24, 2.45) is 0 Å². The predicted octanol–water partition coefficient (Wildman–Crippen LogP) is 0.948. The molecule has 1 aliphatic heterocycles. The zero-order valence-corrected chi connectivity index (χ0v) is 10.1. The van der Waals surface area contributed by atoms with Crippen LogP contribution < -0.4 is 5.32 Å². The van der Waals surface area contributed by atoms with E-state index in [9.17, 15) is 4.79 Å². The van der Waals surface area contributed by atoms with Gasteiger partial charge < -0.3 is 5.32 Å². The number of hydrogen-bond acceptors (Lipinski definition) is 3. The lowest BCUT2D eigenvalue weighted by Gasteiger charge is -2.34. The van der Waals surface area contributed by atoms with Gasteiger partial charge in [0.05, 0.1) is 5.25 Å². The second kappa shape index (κ2) is 5.61. The maximum atomic E-state index is 11.6. The van der Waals surface area contributed by atoms with Crippen LogP contribution in [0.4, 0.5) is 0 Å². The number of carbonyl (C=O) groups is 1. The molecule has 1 heterocycles. The molecule has 82 valence electrons. The van der Waals surface area contributed by atoms with Crippen molar-refractivity contribution in [1.82, 2.24) is 10.2 Å². The Morgan fingerprint density at radius 1 is 1.64 bits per heavy atom. The van der Waals surface area contributed by atoms with Crippen LogP contribution in [0, 0.1) is 0 Å². The van der Waals surface area contributed by atoms with Gasteiger partial charge in [0.15, 0.2) is 0 Å². The standard InChI is InChI=1S/C10H20N2OS/c1-4-11-10(13)9-7-12(8(2)3)5-6-14-9/h8-9H,4-7H2,1-3H3,(H,11,13)/t9-/m0/s1. The predicted molar refractivity (Wildman–Crippen MR) is 61.6 cm³/mol. The molecule has 0 aliphatic carbocycles. The summed E-state index contributed by atoms with van der Waals surface area (Å²) in [4.78, 5) is 14.0. The number of hydrogen-bond donors (Lipinski definition) is 1. The molecule has 0 saturated carbocycles. The van der Waals surface area contributed by atoms with Crippen molar-refractivity contribution in [3.63, 3.8) is 0 Å². The normalized spacial score (nSPS) is 23.9. The third kappa shape index (κ3) is 3.17. The van der Waals surface area contributed by atoms with Crippen LogP contribution in [-0.2, 0) is 4.79 Å². The molecule has 1 atom stereocenters. The number of amides is 1. The van der Waals surface area contributed by atoms with Gasteiger partial charge in [-0.25, -0.2) is 0 Å². The average molecular weight is 216 g/mol. The molecule has 0 radical (unpaired) electrons. The third-order valence-corrected chi connectivity index (χ3v) is 3.66. The zero-order chi connectivity index (χ0) is 10.6. The first-order valence-electron chi connectivity index (χ1n) is 5.28. The first-order chi connectivity index (χ1) is 6.65. The maximum Gasteiger partial charge on any atom is 0.234 e. The molecule has 0 aromatic rings. The molecule has 0 aromatic carbocycles. The Labute approximate surface area is 90.6 Å². The molecule has 1 rings (SSSR count). The quantitative estimate of drug-likeness (QED) is 0.762. The van der Waals surface area contributed by atoms with Crippen molar-refractivity contribution in [2.75, 3.05) is 25.4 Å². The first-order valence-corrected chi connectivity index (χ1v) is 6.33. The zero-order valence-electron chi connectivity index (χ0n) is 9.25. The van der Waals surface area contributed by atoms with Gasteiger partial charge in [-0.3, -0.25) is 9.69 Å². The number of rotatable bonds is 3. The Morgan fingerprint density at radius 3 is 2.93 bits per heavy atom. The fourth-order valence-corrected chi connectivity index (χ4v) is 2.74. The van der Waals surface area contributed by atoms with Gasteiger partial charge in [-0.15, -0.1) is 11.8 Å². The van der Waals surface area contributed by atoms with E-state index in [1.165, 1.54) is 0 Å². The van der Waals surface area contributed by atoms with Gasteiger partial charge >= 0.3 is 0 Å². The minimum Gasteiger partial charge on any atom is -0.355 e. The summed E-state index contributed by atoms with van der Waals surface area (Å²) in [5.41, 5.74) is 0. The molecule has 0 spiro atoms. The average Bonchev–Trinajstić information content (AvgIpc) is 2.18. The highest BCUT2D eigenvalue weighted by Crippen LogP contribution is 2.20. The number of nitrogens with one attached hydrogen (secondary N) is 1. The summed E-state index contributed by atoms with van der Waals surface area (Å²) >= 11 is 1.78. The Kier molecular flexibility index (Phi) is 4.75. The van der Waals surface area contributed by atoms with E-state index < -0.39 is 0 Å². The van der Waals surface area contributed by atoms with Crippen LogP contribution in [0.15, 0.2) is 0 Å². The van der Waals surface area contributed by atoms with Crippen LogP contribution in [0.2, 0.25) is 0 Å². The SMILES string of the molecule is CCNC(=O)[C@@H]1CN(C(C)C)CCS1. The molecule has 1 fully saturated rings. The van der Waals surface area contributed by atoms with Gasteiger partial charge in [0, 0.05) is 31.4 Å². The molecule has 4 heteroatoms. The van der Waals surface area contributed by atoms with Crippen molar-refractivity contribution in [2.45, 2.75) is 32.1 Å². The first kappa shape index (κ1) is 11.9. The third-order valence-electron chi connectivity index (χ3n) is 2.47. The number of carbonyl (C=O) groups excluding carboxylic acids is 1. The Balaban J connectivity index is 2.43. The van der Waals surface area contributed by atoms with Gasteiger partial charge in [0.2, 0.25) is 5.91 Å². The van der Waals surface area contributed by atoms with Crippen molar-refractivity contribution in [1.29, 1.82) is 0 Å². The molecule has 1 N–H and O–H groups in total. The summed E-state index contributed by atoms with van der Waals surface area (Å²) in [5, 5.41) is 3.02. The molecular weight excluding hydrogens is 196 g/mol. The van der Waals surface area contributed by atoms with Gasteiger partial charge in [0.25, 0.3) is 0 Å². The molecule has 0 bridgehead atoms. The van der Waals surface area contributed by atoms with E-state index >= 15 is 0 Å². The van der Waals surface area contributed by atoms with E-state index in [1.807, 2.05) is 6.92 Å². The molecule has 3 nitrogen and oxygen atoms in total. The van der Waals surface area contributed by atoms with Crippen LogP contribution in [0.25, 0.3) is 0 Å². The van der Waals surface area contributed by atoms with E-state index in [1.54, 1.807) is 11.8 Å². The minimum absolute atomic E-state index is 0.131. The number of nitrogens with zero attached hydrogens (tertiary/aromatic N) is 1. The van der Waals surface area contributed by atoms with Gasteiger partial charge in [-0.2, -0.15) is 0 Å². The van der Waals surface area contributed by atoms with E-state index in [0.29, 0.717) is 6.04 Å². The lowest BCUT2D eigenvalue weighted by molar-refractivity contribution is -0.120. The van der Waals surface area contributed by atoms with Crippen LogP contribution in [-0.4, -0.2) is 47.5 Å². The van der Waals surface area contributed by atoms with Crippen molar-refractivity contribution in [3.05, 3.63) is 0 Å². The van der Waals surface area contributed by atoms with Gasteiger partial charge in [-0.05, 0) is 20.8 Å². The molecule has 0 aromatic heterocycles. The van der Waals surface area contributed by atoms with Gasteiger partial charge in [-0.1, -0.05) is 0 Å². The molecule has 0 unspecified atom stereocenters. The summed E-state index contributed by atoms with van der Waals surface area (Å²) < 4.78 is 0. The van der Waals surface area contributed by atoms with Crippen LogP contribution >= 0.6 is 11.8 Å². The smallest absolute Gasteiger partial charge is 0.234 e. The number of thioether (sulfide) groups is 1. The lowest BCUT2D eigenvalue weighted by atomic mass is 10.2. The Hall–Kier alpha value is -0.220. The topological polar surface area (TPSA) is 32.3 Å². The fraction of sp³-hybridized carbons (Fsp3) is 0.900. The van der Waals surface area contributed by atoms with E-state index in [-0.39, 0.29) is 11.2 Å². The summed E-state index contributed by atoms with van der Waals surface area (Å²) in [6.45, 7) is 9.07. The van der Waals surface area contributed by atoms with E-state index in [2.05, 4.69) is 24.1 Å². The van der Waals surface area contributed by atoms with Crippen molar-refractivity contribution < 1.29 is 4.79 Å². The van der Waals surface area contributed by atoms with Crippen LogP contribution in [0.1, 0.15) is 20.8 Å². The maximum absolute atomic E-state index is 11.6. The molecule has 1 aliphatic rings. The monoisotopic (exact) mass is 216 g/mol. The minimum atomic E-state index is 0.131. The molecule has 1 amide bonds. The van der Waals surface area contributed by atoms with Crippen molar-refractivity contribution >= 4 is 17.7 Å². The van der Waals surface area contributed by atoms with E-state index in [4.69, 9.17) is 0 Å².